The van der Waals surface area contributed by atoms with Gasteiger partial charge in [-0.3, -0.25) is 9.59 Å². The van der Waals surface area contributed by atoms with Crippen molar-refractivity contribution < 1.29 is 9.59 Å². The van der Waals surface area contributed by atoms with Crippen LogP contribution in [-0.4, -0.2) is 23.3 Å². The van der Waals surface area contributed by atoms with E-state index in [1.54, 1.807) is 11.0 Å². The lowest BCUT2D eigenvalue weighted by Gasteiger charge is -2.17. The number of rotatable bonds is 4. The summed E-state index contributed by atoms with van der Waals surface area (Å²) in [5.41, 5.74) is 4.66. The summed E-state index contributed by atoms with van der Waals surface area (Å²) in [7, 11) is 0. The number of benzene rings is 2. The van der Waals surface area contributed by atoms with Crippen molar-refractivity contribution in [2.75, 3.05) is 11.9 Å². The van der Waals surface area contributed by atoms with Gasteiger partial charge in [0.25, 0.3) is 5.91 Å². The average molecular weight is 355 g/mol. The minimum absolute atomic E-state index is 0.113. The Morgan fingerprint density at radius 1 is 1.20 bits per heavy atom. The van der Waals surface area contributed by atoms with E-state index < -0.39 is 0 Å². The van der Waals surface area contributed by atoms with Gasteiger partial charge in [0, 0.05) is 29.8 Å². The molecule has 3 rings (SSSR count). The number of fused-ring (bicyclic) bond motifs is 1. The SMILES string of the molecule is C=C1c2ccccc2C(=O)N1CCC(=O)Nc1c(C)cc(C)cc1Cl. The molecule has 1 N–H and O–H groups in total. The topological polar surface area (TPSA) is 49.4 Å². The zero-order chi connectivity index (χ0) is 18.1. The van der Waals surface area contributed by atoms with Gasteiger partial charge in [-0.2, -0.15) is 0 Å². The van der Waals surface area contributed by atoms with Gasteiger partial charge in [-0.25, -0.2) is 0 Å². The number of amides is 2. The van der Waals surface area contributed by atoms with E-state index >= 15 is 0 Å². The minimum atomic E-state index is -0.189. The monoisotopic (exact) mass is 354 g/mol. The van der Waals surface area contributed by atoms with Gasteiger partial charge in [-0.15, -0.1) is 0 Å². The van der Waals surface area contributed by atoms with Crippen LogP contribution in [0.15, 0.2) is 43.0 Å². The Labute approximate surface area is 152 Å². The van der Waals surface area contributed by atoms with Crippen molar-refractivity contribution in [3.05, 3.63) is 70.3 Å². The van der Waals surface area contributed by atoms with Crippen LogP contribution in [-0.2, 0) is 4.79 Å². The molecule has 0 saturated heterocycles. The zero-order valence-corrected chi connectivity index (χ0v) is 15.0. The Morgan fingerprint density at radius 2 is 1.88 bits per heavy atom. The van der Waals surface area contributed by atoms with Crippen molar-refractivity contribution >= 4 is 34.8 Å². The molecule has 1 heterocycles. The van der Waals surface area contributed by atoms with E-state index in [2.05, 4.69) is 11.9 Å². The maximum absolute atomic E-state index is 12.4. The Balaban J connectivity index is 1.66. The van der Waals surface area contributed by atoms with Gasteiger partial charge in [-0.1, -0.05) is 42.4 Å². The molecule has 0 aliphatic carbocycles. The van der Waals surface area contributed by atoms with Gasteiger partial charge >= 0.3 is 0 Å². The molecule has 4 nitrogen and oxygen atoms in total. The Bertz CT molecular complexity index is 831. The number of carbonyl (C=O) groups is 2. The lowest BCUT2D eigenvalue weighted by Crippen LogP contribution is -2.27. The molecular weight excluding hydrogens is 336 g/mol. The van der Waals surface area contributed by atoms with Crippen LogP contribution in [0, 0.1) is 13.8 Å². The summed E-state index contributed by atoms with van der Waals surface area (Å²) < 4.78 is 0. The predicted molar refractivity (Wildman–Crippen MR) is 101 cm³/mol. The van der Waals surface area contributed by atoms with E-state index in [4.69, 9.17) is 11.6 Å². The second kappa shape index (κ2) is 6.73. The van der Waals surface area contributed by atoms with Crippen LogP contribution in [0.25, 0.3) is 5.70 Å². The van der Waals surface area contributed by atoms with E-state index in [1.165, 1.54) is 0 Å². The number of nitrogens with one attached hydrogen (secondary N) is 1. The van der Waals surface area contributed by atoms with Crippen molar-refractivity contribution in [3.63, 3.8) is 0 Å². The largest absolute Gasteiger partial charge is 0.324 e. The van der Waals surface area contributed by atoms with Crippen LogP contribution in [0.4, 0.5) is 5.69 Å². The summed E-state index contributed by atoms with van der Waals surface area (Å²) in [5.74, 6) is -0.302. The number of nitrogens with zero attached hydrogens (tertiary/aromatic N) is 1. The highest BCUT2D eigenvalue weighted by atomic mass is 35.5. The van der Waals surface area contributed by atoms with Gasteiger partial charge < -0.3 is 10.2 Å². The number of aryl methyl sites for hydroxylation is 2. The van der Waals surface area contributed by atoms with Gasteiger partial charge in [0.1, 0.15) is 0 Å². The van der Waals surface area contributed by atoms with E-state index in [0.29, 0.717) is 22.0 Å². The fourth-order valence-electron chi connectivity index (χ4n) is 3.06. The number of anilines is 1. The molecular formula is C20H19ClN2O2. The van der Waals surface area contributed by atoms with Crippen molar-refractivity contribution in [1.29, 1.82) is 0 Å². The molecule has 2 aromatic carbocycles. The Hall–Kier alpha value is -2.59. The second-order valence-corrected chi connectivity index (χ2v) is 6.59. The maximum Gasteiger partial charge on any atom is 0.258 e. The lowest BCUT2D eigenvalue weighted by molar-refractivity contribution is -0.116. The number of hydrogen-bond donors (Lipinski definition) is 1. The molecule has 0 spiro atoms. The zero-order valence-electron chi connectivity index (χ0n) is 14.2. The van der Waals surface area contributed by atoms with E-state index in [0.717, 1.165) is 16.7 Å². The van der Waals surface area contributed by atoms with E-state index in [-0.39, 0.29) is 24.8 Å². The average Bonchev–Trinajstić information content (AvgIpc) is 2.81. The summed E-state index contributed by atoms with van der Waals surface area (Å²) in [6.07, 6.45) is 0.169. The quantitative estimate of drug-likeness (QED) is 0.884. The van der Waals surface area contributed by atoms with Gasteiger partial charge in [0.05, 0.1) is 10.7 Å². The van der Waals surface area contributed by atoms with Crippen molar-refractivity contribution in [2.45, 2.75) is 20.3 Å². The van der Waals surface area contributed by atoms with Crippen LogP contribution in [0.2, 0.25) is 5.02 Å². The Kier molecular flexibility index (Phi) is 4.64. The molecule has 128 valence electrons. The summed E-state index contributed by atoms with van der Waals surface area (Å²) in [5, 5.41) is 3.36. The van der Waals surface area contributed by atoms with E-state index in [9.17, 15) is 9.59 Å². The third kappa shape index (κ3) is 3.30. The molecule has 1 aliphatic heterocycles. The van der Waals surface area contributed by atoms with Gasteiger partial charge in [0.2, 0.25) is 5.91 Å². The molecule has 0 atom stereocenters. The molecule has 0 bridgehead atoms. The van der Waals surface area contributed by atoms with Crippen LogP contribution in [0.3, 0.4) is 0 Å². The molecule has 0 radical (unpaired) electrons. The lowest BCUT2D eigenvalue weighted by atomic mass is 10.1. The first-order valence-corrected chi connectivity index (χ1v) is 8.43. The summed E-state index contributed by atoms with van der Waals surface area (Å²) in [6.45, 7) is 8.11. The predicted octanol–water partition coefficient (Wildman–Crippen LogP) is 4.41. The molecule has 1 aliphatic rings. The smallest absolute Gasteiger partial charge is 0.258 e. The highest BCUT2D eigenvalue weighted by molar-refractivity contribution is 6.34. The van der Waals surface area contributed by atoms with Crippen molar-refractivity contribution in [2.24, 2.45) is 0 Å². The molecule has 0 aromatic heterocycles. The van der Waals surface area contributed by atoms with Gasteiger partial charge in [0.15, 0.2) is 0 Å². The summed E-state index contributed by atoms with van der Waals surface area (Å²) in [4.78, 5) is 26.3. The molecule has 2 aromatic rings. The highest BCUT2D eigenvalue weighted by Crippen LogP contribution is 2.31. The number of hydrogen-bond acceptors (Lipinski definition) is 2. The fraction of sp³-hybridized carbons (Fsp3) is 0.200. The third-order valence-corrected chi connectivity index (χ3v) is 4.60. The van der Waals surface area contributed by atoms with Crippen LogP contribution < -0.4 is 5.32 Å². The molecule has 2 amide bonds. The first-order valence-electron chi connectivity index (χ1n) is 8.05. The maximum atomic E-state index is 12.4. The molecule has 0 fully saturated rings. The molecule has 5 heteroatoms. The van der Waals surface area contributed by atoms with E-state index in [1.807, 2.05) is 44.2 Å². The van der Waals surface area contributed by atoms with Crippen molar-refractivity contribution in [1.82, 2.24) is 4.90 Å². The molecule has 0 unspecified atom stereocenters. The fourth-order valence-corrected chi connectivity index (χ4v) is 3.43. The minimum Gasteiger partial charge on any atom is -0.324 e. The Morgan fingerprint density at radius 3 is 2.52 bits per heavy atom. The number of carbonyl (C=O) groups excluding carboxylic acids is 2. The number of halogens is 1. The van der Waals surface area contributed by atoms with Gasteiger partial charge in [-0.05, 0) is 37.1 Å². The van der Waals surface area contributed by atoms with Crippen LogP contribution in [0.1, 0.15) is 33.5 Å². The van der Waals surface area contributed by atoms with Crippen LogP contribution >= 0.6 is 11.6 Å². The molecule has 25 heavy (non-hydrogen) atoms. The third-order valence-electron chi connectivity index (χ3n) is 4.30. The second-order valence-electron chi connectivity index (χ2n) is 6.19. The first-order chi connectivity index (χ1) is 11.9. The summed E-state index contributed by atoms with van der Waals surface area (Å²) >= 11 is 6.22. The normalized spacial score (nSPS) is 13.2. The standard InChI is InChI=1S/C20H19ClN2O2/c1-12-10-13(2)19(17(21)11-12)22-18(24)8-9-23-14(3)15-6-4-5-7-16(15)20(23)25/h4-7,10-11H,3,8-9H2,1-2H3,(H,22,24). The first kappa shape index (κ1) is 17.2. The highest BCUT2D eigenvalue weighted by Gasteiger charge is 2.30. The summed E-state index contributed by atoms with van der Waals surface area (Å²) in [6, 6.07) is 11.1. The van der Waals surface area contributed by atoms with Crippen LogP contribution in [0.5, 0.6) is 0 Å². The van der Waals surface area contributed by atoms with Crippen molar-refractivity contribution in [3.8, 4) is 0 Å². The molecule has 0 saturated carbocycles.